The Morgan fingerprint density at radius 2 is 0.529 bits per heavy atom. The number of rotatable bonds is 0. The van der Waals surface area contributed by atoms with Crippen LogP contribution in [0.2, 0.25) is 0 Å². The van der Waals surface area contributed by atoms with Gasteiger partial charge in [0.25, 0.3) is 0 Å². The van der Waals surface area contributed by atoms with Crippen LogP contribution in [0.3, 0.4) is 0 Å². The van der Waals surface area contributed by atoms with E-state index in [1.165, 1.54) is 0 Å². The van der Waals surface area contributed by atoms with Gasteiger partial charge in [-0.2, -0.15) is 11.8 Å². The van der Waals surface area contributed by atoms with Crippen LogP contribution >= 0.6 is 11.8 Å². The van der Waals surface area contributed by atoms with Crippen molar-refractivity contribution in [1.29, 1.82) is 0 Å². The zero-order valence-electron chi connectivity index (χ0n) is 25.4. The maximum atomic E-state index is 5.59. The fourth-order valence-electron chi connectivity index (χ4n) is 2.88. The highest BCUT2D eigenvalue weighted by Gasteiger charge is 2.33. The third kappa shape index (κ3) is 30.3. The molecule has 0 aromatic carbocycles. The van der Waals surface area contributed by atoms with E-state index in [1.807, 2.05) is 83.1 Å². The minimum Gasteiger partial charge on any atom is -0.375 e. The summed E-state index contributed by atoms with van der Waals surface area (Å²) in [5.74, 6) is 3.31. The van der Waals surface area contributed by atoms with Gasteiger partial charge in [0.1, 0.15) is 0 Å². The molecule has 224 valence electrons. The van der Waals surface area contributed by atoms with Gasteiger partial charge in [-0.25, -0.2) is 0 Å². The molecule has 0 amide bonds. The highest BCUT2D eigenvalue weighted by atomic mass is 32.2. The first-order valence-electron chi connectivity index (χ1n) is 13.6. The van der Waals surface area contributed by atoms with Crippen molar-refractivity contribution in [3.8, 4) is 0 Å². The molecule has 2 heteroatoms. The average Bonchev–Trinajstić information content (AvgIpc) is 3.19. The third-order valence-corrected chi connectivity index (χ3v) is 7.20. The first-order valence-corrected chi connectivity index (χ1v) is 14.5. The maximum absolute atomic E-state index is 5.59. The number of hydrogen-bond acceptors (Lipinski definition) is 2. The normalized spacial score (nSPS) is 28.6. The second-order valence-corrected chi connectivity index (χ2v) is 8.29. The molecule has 0 N–H and O–H groups in total. The molecule has 0 aliphatic carbocycles. The van der Waals surface area contributed by atoms with Gasteiger partial charge in [0, 0.05) is 10.5 Å². The zero-order chi connectivity index (χ0) is 26.0. The fourth-order valence-corrected chi connectivity index (χ4v) is 4.55. The Morgan fingerprint density at radius 1 is 0.353 bits per heavy atom. The van der Waals surface area contributed by atoms with Gasteiger partial charge in [0.15, 0.2) is 0 Å². The molecule has 2 rings (SSSR count). The first kappa shape index (κ1) is 64.4. The highest BCUT2D eigenvalue weighted by molar-refractivity contribution is 8.00. The van der Waals surface area contributed by atoms with Gasteiger partial charge in [0.05, 0.1) is 12.2 Å². The minimum atomic E-state index is 0. The molecule has 0 aromatic rings. The van der Waals surface area contributed by atoms with Crippen LogP contribution in [0.15, 0.2) is 0 Å². The van der Waals surface area contributed by atoms with Crippen LogP contribution in [0, 0.1) is 23.7 Å². The van der Waals surface area contributed by atoms with Crippen molar-refractivity contribution < 1.29 is 4.74 Å². The first-order chi connectivity index (χ1) is 14.3. The van der Waals surface area contributed by atoms with E-state index < -0.39 is 0 Å². The smallest absolute Gasteiger partial charge is 0.0579 e. The molecule has 2 aliphatic heterocycles. The quantitative estimate of drug-likeness (QED) is 0.316. The molecule has 8 atom stereocenters. The van der Waals surface area contributed by atoms with Gasteiger partial charge < -0.3 is 4.74 Å². The lowest BCUT2D eigenvalue weighted by Crippen LogP contribution is -2.12. The van der Waals surface area contributed by atoms with Gasteiger partial charge in [-0.3, -0.25) is 0 Å². The Morgan fingerprint density at radius 3 is 0.588 bits per heavy atom. The van der Waals surface area contributed by atoms with Gasteiger partial charge in [-0.05, 0) is 37.5 Å². The molecule has 1 nitrogen and oxygen atoms in total. The van der Waals surface area contributed by atoms with Crippen molar-refractivity contribution in [3.63, 3.8) is 0 Å². The van der Waals surface area contributed by atoms with Crippen LogP contribution in [0.25, 0.3) is 0 Å². The molecule has 4 unspecified atom stereocenters. The Balaban J connectivity index is -0.0000000272. The summed E-state index contributed by atoms with van der Waals surface area (Å²) in [4.78, 5) is 0. The molecular formula is C32H84OS. The number of thioether (sulfide) groups is 1. The van der Waals surface area contributed by atoms with Crippen LogP contribution < -0.4 is 0 Å². The molecule has 2 aliphatic rings. The molecule has 0 bridgehead atoms. The van der Waals surface area contributed by atoms with Crippen LogP contribution in [-0.2, 0) is 4.74 Å². The van der Waals surface area contributed by atoms with Crippen molar-refractivity contribution in [3.05, 3.63) is 0 Å². The van der Waals surface area contributed by atoms with Crippen molar-refractivity contribution in [2.45, 2.75) is 191 Å². The summed E-state index contributed by atoms with van der Waals surface area (Å²) < 4.78 is 5.59. The summed E-state index contributed by atoms with van der Waals surface area (Å²) in [5, 5.41) is 1.77. The Labute approximate surface area is 230 Å². The Kier molecular flexibility index (Phi) is 95.2. The maximum Gasteiger partial charge on any atom is 0.0579 e. The van der Waals surface area contributed by atoms with E-state index >= 15 is 0 Å². The molecule has 2 fully saturated rings. The van der Waals surface area contributed by atoms with E-state index in [-0.39, 0.29) is 29.7 Å². The van der Waals surface area contributed by atoms with Crippen LogP contribution in [0.1, 0.15) is 168 Å². The number of ether oxygens (including phenoxy) is 1. The summed E-state index contributed by atoms with van der Waals surface area (Å²) in [6.45, 7) is 42.3. The molecular weight excluding hydrogens is 432 g/mol. The Hall–Kier alpha value is 0.310. The van der Waals surface area contributed by atoms with E-state index in [9.17, 15) is 0 Å². The van der Waals surface area contributed by atoms with Crippen LogP contribution in [-0.4, -0.2) is 22.7 Å². The lowest BCUT2D eigenvalue weighted by atomic mass is 9.92. The lowest BCUT2D eigenvalue weighted by Gasteiger charge is -2.12. The molecule has 2 saturated heterocycles. The second kappa shape index (κ2) is 50.2. The van der Waals surface area contributed by atoms with Crippen molar-refractivity contribution >= 4 is 11.8 Å². The van der Waals surface area contributed by atoms with Crippen LogP contribution in [0.4, 0.5) is 0 Å². The zero-order valence-corrected chi connectivity index (χ0v) is 26.3. The molecule has 2 heterocycles. The summed E-state index contributed by atoms with van der Waals surface area (Å²) in [6, 6.07) is 0. The van der Waals surface area contributed by atoms with Gasteiger partial charge in [-0.1, -0.05) is 154 Å². The SMILES string of the molecule is C.C.C.C.CC.CC.CC.CC.CC.CC.CC1O[C@@H](C)C(C)[C@H]1C.CC1S[C@@H](C)C(C)[C@H]1C. The van der Waals surface area contributed by atoms with Crippen molar-refractivity contribution in [1.82, 2.24) is 0 Å². The summed E-state index contributed by atoms with van der Waals surface area (Å²) in [7, 11) is 0. The summed E-state index contributed by atoms with van der Waals surface area (Å²) in [6.07, 6.45) is 0.935. The van der Waals surface area contributed by atoms with Gasteiger partial charge in [-0.15, -0.1) is 0 Å². The molecule has 34 heavy (non-hydrogen) atoms. The fraction of sp³-hybridized carbons (Fsp3) is 1.00. The van der Waals surface area contributed by atoms with E-state index in [1.54, 1.807) is 0 Å². The predicted molar refractivity (Wildman–Crippen MR) is 178 cm³/mol. The largest absolute Gasteiger partial charge is 0.375 e. The summed E-state index contributed by atoms with van der Waals surface area (Å²) in [5.41, 5.74) is 0. The average molecular weight is 517 g/mol. The monoisotopic (exact) mass is 517 g/mol. The van der Waals surface area contributed by atoms with Gasteiger partial charge in [0.2, 0.25) is 0 Å². The van der Waals surface area contributed by atoms with E-state index in [0.29, 0.717) is 12.2 Å². The molecule has 0 radical (unpaired) electrons. The third-order valence-electron chi connectivity index (χ3n) is 5.48. The second-order valence-electron chi connectivity index (χ2n) is 6.53. The predicted octanol–water partition coefficient (Wildman–Crippen LogP) is 13.5. The molecule has 0 saturated carbocycles. The van der Waals surface area contributed by atoms with Crippen molar-refractivity contribution in [2.75, 3.05) is 0 Å². The molecule has 0 spiro atoms. The standard InChI is InChI=1S/C8H16O.C8H16S.6C2H6.4CH4/c2*1-5-6(2)8(4)9-7(5)3;6*1-2;;;;/h2*5-8H,1-4H3;6*1-2H3;4*1H4/t2*5-,6?,7?,8+;;;;;;;;;;/m11........../s1. The number of hydrogen-bond donors (Lipinski definition) is 0. The molecule has 0 aromatic heterocycles. The summed E-state index contributed by atoms with van der Waals surface area (Å²) >= 11 is 2.14. The minimum absolute atomic E-state index is 0. The van der Waals surface area contributed by atoms with E-state index in [2.05, 4.69) is 67.2 Å². The lowest BCUT2D eigenvalue weighted by molar-refractivity contribution is 0.0524. The topological polar surface area (TPSA) is 9.23 Å². The van der Waals surface area contributed by atoms with Crippen LogP contribution in [0.5, 0.6) is 0 Å². The van der Waals surface area contributed by atoms with E-state index in [4.69, 9.17) is 4.74 Å². The van der Waals surface area contributed by atoms with Crippen molar-refractivity contribution in [2.24, 2.45) is 23.7 Å². The highest BCUT2D eigenvalue weighted by Crippen LogP contribution is 2.41. The Bertz CT molecular complexity index is 207. The van der Waals surface area contributed by atoms with Gasteiger partial charge >= 0.3 is 0 Å². The van der Waals surface area contributed by atoms with E-state index in [0.717, 1.165) is 34.2 Å².